The molecule has 0 spiro atoms. The van der Waals surface area contributed by atoms with Gasteiger partial charge in [0.1, 0.15) is 11.2 Å². The highest BCUT2D eigenvalue weighted by molar-refractivity contribution is 5.97. The van der Waals surface area contributed by atoms with Gasteiger partial charge in [-0.05, 0) is 76.5 Å². The summed E-state index contributed by atoms with van der Waals surface area (Å²) in [5.41, 5.74) is 9.65. The largest absolute Gasteiger partial charge is 0.309 e. The van der Waals surface area contributed by atoms with Crippen LogP contribution in [0.2, 0.25) is 0 Å². The number of hydrogen-bond acceptors (Lipinski definition) is 4. The van der Waals surface area contributed by atoms with Gasteiger partial charge in [0, 0.05) is 23.8 Å². The number of benzene rings is 4. The molecule has 0 saturated carbocycles. The van der Waals surface area contributed by atoms with Crippen LogP contribution in [0.3, 0.4) is 0 Å². The van der Waals surface area contributed by atoms with E-state index in [0.29, 0.717) is 0 Å². The minimum Gasteiger partial charge on any atom is -0.309 e. The van der Waals surface area contributed by atoms with Crippen LogP contribution < -0.4 is 4.90 Å². The van der Waals surface area contributed by atoms with Gasteiger partial charge in [-0.3, -0.25) is 9.38 Å². The minimum absolute atomic E-state index is 0.796. The summed E-state index contributed by atoms with van der Waals surface area (Å²) in [6.07, 6.45) is 5.75. The summed E-state index contributed by atoms with van der Waals surface area (Å²) in [5, 5.41) is 2.49. The number of hydrogen-bond donors (Lipinski definition) is 0. The molecular weight excluding hydrogens is 514 g/mol. The Morgan fingerprint density at radius 2 is 1.38 bits per heavy atom. The molecule has 0 unspecified atom stereocenters. The highest BCUT2D eigenvalue weighted by Crippen LogP contribution is 2.37. The third kappa shape index (κ3) is 4.07. The lowest BCUT2D eigenvalue weighted by Gasteiger charge is -2.25. The van der Waals surface area contributed by atoms with Gasteiger partial charge in [-0.15, -0.1) is 0 Å². The fraction of sp³-hybridized carbons (Fsp3) is 0. The summed E-state index contributed by atoms with van der Waals surface area (Å²) >= 11 is 0. The normalized spacial score (nSPS) is 11.3. The van der Waals surface area contributed by atoms with Crippen molar-refractivity contribution in [1.82, 2.24) is 19.4 Å². The van der Waals surface area contributed by atoms with Gasteiger partial charge in [-0.2, -0.15) is 0 Å². The minimum atomic E-state index is 0.796. The predicted molar refractivity (Wildman–Crippen MR) is 171 cm³/mol. The third-order valence-electron chi connectivity index (χ3n) is 7.69. The van der Waals surface area contributed by atoms with Crippen LogP contribution >= 0.6 is 0 Å². The SMILES string of the molecule is c1ccc(N(c2ccc(-c3cccc4ccccc34)cc2)c2cnc3c(c2)nc(-c2ccccn2)c2cccn23)cc1. The molecule has 0 saturated heterocycles. The van der Waals surface area contributed by atoms with E-state index in [1.807, 2.05) is 42.7 Å². The van der Waals surface area contributed by atoms with E-state index in [9.17, 15) is 0 Å². The lowest BCUT2D eigenvalue weighted by atomic mass is 9.98. The zero-order valence-corrected chi connectivity index (χ0v) is 22.7. The molecule has 0 N–H and O–H groups in total. The Labute approximate surface area is 243 Å². The first-order valence-corrected chi connectivity index (χ1v) is 14.0. The second-order valence-electron chi connectivity index (χ2n) is 10.2. The Morgan fingerprint density at radius 3 is 2.24 bits per heavy atom. The van der Waals surface area contributed by atoms with Crippen LogP contribution in [0.25, 0.3) is 50.0 Å². The summed E-state index contributed by atoms with van der Waals surface area (Å²) in [6.45, 7) is 0. The number of fused-ring (bicyclic) bond motifs is 4. The molecule has 42 heavy (non-hydrogen) atoms. The monoisotopic (exact) mass is 539 g/mol. The van der Waals surface area contributed by atoms with E-state index in [0.717, 1.165) is 45.1 Å². The van der Waals surface area contributed by atoms with Crippen LogP contribution in [-0.2, 0) is 0 Å². The number of para-hydroxylation sites is 1. The molecule has 0 aliphatic rings. The molecule has 0 amide bonds. The zero-order valence-electron chi connectivity index (χ0n) is 22.7. The Hall–Kier alpha value is -5.81. The van der Waals surface area contributed by atoms with Gasteiger partial charge in [0.15, 0.2) is 5.65 Å². The standard InChI is InChI=1S/C37H25N5/c1-2-12-28(13-3-1)42(29-20-18-27(19-21-29)32-15-8-11-26-10-4-5-14-31(26)32)30-24-34-37(39-25-30)41-23-9-17-35(41)36(40-34)33-16-6-7-22-38-33/h1-25H. The van der Waals surface area contributed by atoms with Crippen molar-refractivity contribution < 1.29 is 0 Å². The Bertz CT molecular complexity index is 2180. The maximum absolute atomic E-state index is 5.09. The fourth-order valence-electron chi connectivity index (χ4n) is 5.74. The maximum Gasteiger partial charge on any atom is 0.163 e. The van der Waals surface area contributed by atoms with E-state index in [4.69, 9.17) is 9.97 Å². The molecule has 8 aromatic rings. The highest BCUT2D eigenvalue weighted by Gasteiger charge is 2.17. The van der Waals surface area contributed by atoms with Crippen LogP contribution in [0.1, 0.15) is 0 Å². The van der Waals surface area contributed by atoms with Crippen molar-refractivity contribution in [2.75, 3.05) is 4.90 Å². The van der Waals surface area contributed by atoms with Gasteiger partial charge < -0.3 is 4.90 Å². The number of rotatable bonds is 5. The van der Waals surface area contributed by atoms with Crippen LogP contribution in [0.5, 0.6) is 0 Å². The van der Waals surface area contributed by atoms with E-state index < -0.39 is 0 Å². The van der Waals surface area contributed by atoms with Crippen molar-refractivity contribution in [3.8, 4) is 22.5 Å². The number of aromatic nitrogens is 4. The number of nitrogens with zero attached hydrogens (tertiary/aromatic N) is 5. The molecule has 0 aliphatic heterocycles. The molecule has 8 rings (SSSR count). The van der Waals surface area contributed by atoms with E-state index in [2.05, 4.69) is 117 Å². The highest BCUT2D eigenvalue weighted by atomic mass is 15.2. The van der Waals surface area contributed by atoms with Gasteiger partial charge >= 0.3 is 0 Å². The van der Waals surface area contributed by atoms with Crippen molar-refractivity contribution >= 4 is 44.5 Å². The Morgan fingerprint density at radius 1 is 0.595 bits per heavy atom. The van der Waals surface area contributed by atoms with Crippen LogP contribution in [0.4, 0.5) is 17.1 Å². The number of pyridine rings is 2. The first-order valence-electron chi connectivity index (χ1n) is 14.0. The Kier molecular flexibility index (Phi) is 5.71. The van der Waals surface area contributed by atoms with Crippen LogP contribution in [0.15, 0.2) is 152 Å². The average Bonchev–Trinajstić information content (AvgIpc) is 3.56. The van der Waals surface area contributed by atoms with Crippen molar-refractivity contribution in [2.24, 2.45) is 0 Å². The summed E-state index contributed by atoms with van der Waals surface area (Å²) in [6, 6.07) is 46.2. The van der Waals surface area contributed by atoms with E-state index >= 15 is 0 Å². The van der Waals surface area contributed by atoms with Gasteiger partial charge in [-0.1, -0.05) is 78.9 Å². The smallest absolute Gasteiger partial charge is 0.163 e. The summed E-state index contributed by atoms with van der Waals surface area (Å²) in [4.78, 5) is 16.8. The van der Waals surface area contributed by atoms with E-state index in [1.165, 1.54) is 21.9 Å². The lowest BCUT2D eigenvalue weighted by Crippen LogP contribution is -2.11. The molecule has 0 bridgehead atoms. The van der Waals surface area contributed by atoms with Crippen molar-refractivity contribution in [3.63, 3.8) is 0 Å². The molecule has 198 valence electrons. The zero-order chi connectivity index (χ0) is 27.9. The maximum atomic E-state index is 5.09. The molecule has 4 heterocycles. The predicted octanol–water partition coefficient (Wildman–Crippen LogP) is 9.23. The van der Waals surface area contributed by atoms with E-state index in [-0.39, 0.29) is 0 Å². The third-order valence-corrected chi connectivity index (χ3v) is 7.69. The molecule has 0 fully saturated rings. The Balaban J connectivity index is 1.27. The summed E-state index contributed by atoms with van der Waals surface area (Å²) in [5.74, 6) is 0. The fourth-order valence-corrected chi connectivity index (χ4v) is 5.74. The molecule has 0 aliphatic carbocycles. The second kappa shape index (κ2) is 9.98. The first-order chi connectivity index (χ1) is 20.8. The van der Waals surface area contributed by atoms with Crippen LogP contribution in [0, 0.1) is 0 Å². The van der Waals surface area contributed by atoms with Crippen molar-refractivity contribution in [3.05, 3.63) is 152 Å². The summed E-state index contributed by atoms with van der Waals surface area (Å²) in [7, 11) is 0. The number of anilines is 3. The molecule has 0 atom stereocenters. The second-order valence-corrected chi connectivity index (χ2v) is 10.2. The molecule has 0 radical (unpaired) electrons. The van der Waals surface area contributed by atoms with Gasteiger partial charge in [0.2, 0.25) is 0 Å². The average molecular weight is 540 g/mol. The topological polar surface area (TPSA) is 46.3 Å². The molecule has 4 aromatic carbocycles. The summed E-state index contributed by atoms with van der Waals surface area (Å²) < 4.78 is 2.09. The first kappa shape index (κ1) is 24.0. The molecule has 4 aromatic heterocycles. The molecule has 5 nitrogen and oxygen atoms in total. The lowest BCUT2D eigenvalue weighted by molar-refractivity contribution is 1.15. The van der Waals surface area contributed by atoms with Crippen LogP contribution in [-0.4, -0.2) is 19.4 Å². The van der Waals surface area contributed by atoms with Gasteiger partial charge in [0.05, 0.1) is 23.1 Å². The van der Waals surface area contributed by atoms with Crippen molar-refractivity contribution in [1.29, 1.82) is 0 Å². The van der Waals surface area contributed by atoms with Gasteiger partial charge in [0.25, 0.3) is 0 Å². The molecular formula is C37H25N5. The van der Waals surface area contributed by atoms with Crippen molar-refractivity contribution in [2.45, 2.75) is 0 Å². The quantitative estimate of drug-likeness (QED) is 0.219. The van der Waals surface area contributed by atoms with Gasteiger partial charge in [-0.25, -0.2) is 9.97 Å². The van der Waals surface area contributed by atoms with E-state index in [1.54, 1.807) is 6.20 Å². The molecule has 5 heteroatoms.